The molecule has 1 heterocycles. The maximum Gasteiger partial charge on any atom is 0.124 e. The first-order valence-corrected chi connectivity index (χ1v) is 5.88. The second kappa shape index (κ2) is 7.04. The van der Waals surface area contributed by atoms with Crippen molar-refractivity contribution in [1.82, 2.24) is 10.3 Å². The Balaban J connectivity index is 0.000000686. The average molecular weight is 238 g/mol. The molecule has 0 bridgehead atoms. The number of fused-ring (bicyclic) bond motifs is 1. The van der Waals surface area contributed by atoms with E-state index in [1.54, 1.807) is 6.20 Å². The number of aliphatic hydroxyl groups excluding tert-OH is 1. The van der Waals surface area contributed by atoms with E-state index in [1.807, 2.05) is 19.9 Å². The van der Waals surface area contributed by atoms with Gasteiger partial charge in [0, 0.05) is 24.7 Å². The van der Waals surface area contributed by atoms with Crippen molar-refractivity contribution in [2.45, 2.75) is 20.4 Å². The Hall–Kier alpha value is -1.39. The largest absolute Gasteiger partial charge is 0.395 e. The van der Waals surface area contributed by atoms with Gasteiger partial charge >= 0.3 is 0 Å². The fraction of sp³-hybridized carbons (Fsp3) is 0.385. The van der Waals surface area contributed by atoms with Crippen molar-refractivity contribution in [1.29, 1.82) is 0 Å². The van der Waals surface area contributed by atoms with E-state index in [2.05, 4.69) is 10.3 Å². The lowest BCUT2D eigenvalue weighted by Crippen LogP contribution is -2.17. The Morgan fingerprint density at radius 2 is 2.12 bits per heavy atom. The number of rotatable bonds is 4. The highest BCUT2D eigenvalue weighted by Gasteiger charge is 2.04. The van der Waals surface area contributed by atoms with Crippen LogP contribution in [0.25, 0.3) is 10.9 Å². The zero-order valence-corrected chi connectivity index (χ0v) is 10.3. The summed E-state index contributed by atoms with van der Waals surface area (Å²) in [4.78, 5) is 3.07. The van der Waals surface area contributed by atoms with Gasteiger partial charge in [0.15, 0.2) is 0 Å². The van der Waals surface area contributed by atoms with Crippen molar-refractivity contribution < 1.29 is 9.50 Å². The summed E-state index contributed by atoms with van der Waals surface area (Å²) in [6.45, 7) is 5.15. The van der Waals surface area contributed by atoms with Gasteiger partial charge in [-0.2, -0.15) is 0 Å². The first-order chi connectivity index (χ1) is 8.31. The second-order valence-electron chi connectivity index (χ2n) is 3.41. The number of hydrogen-bond donors (Lipinski definition) is 3. The molecule has 0 amide bonds. The van der Waals surface area contributed by atoms with Crippen LogP contribution in [0.1, 0.15) is 19.4 Å². The lowest BCUT2D eigenvalue weighted by Gasteiger charge is -2.05. The van der Waals surface area contributed by atoms with Gasteiger partial charge in [-0.05, 0) is 23.8 Å². The lowest BCUT2D eigenvalue weighted by molar-refractivity contribution is 0.292. The molecule has 4 heteroatoms. The number of nitrogens with one attached hydrogen (secondary N) is 2. The predicted octanol–water partition coefficient (Wildman–Crippen LogP) is 2.42. The molecule has 0 atom stereocenters. The zero-order valence-electron chi connectivity index (χ0n) is 10.3. The predicted molar refractivity (Wildman–Crippen MR) is 68.4 cm³/mol. The summed E-state index contributed by atoms with van der Waals surface area (Å²) < 4.78 is 13.2. The summed E-state index contributed by atoms with van der Waals surface area (Å²) in [5.41, 5.74) is 1.82. The smallest absolute Gasteiger partial charge is 0.124 e. The van der Waals surface area contributed by atoms with Crippen LogP contribution < -0.4 is 5.32 Å². The number of aromatic nitrogens is 1. The highest BCUT2D eigenvalue weighted by molar-refractivity contribution is 5.82. The number of aromatic amines is 1. The minimum Gasteiger partial charge on any atom is -0.395 e. The molecule has 0 aliphatic rings. The average Bonchev–Trinajstić information content (AvgIpc) is 2.80. The molecule has 1 aromatic carbocycles. The van der Waals surface area contributed by atoms with Gasteiger partial charge in [0.2, 0.25) is 0 Å². The third-order valence-corrected chi connectivity index (χ3v) is 2.31. The van der Waals surface area contributed by atoms with Gasteiger partial charge in [-0.3, -0.25) is 0 Å². The van der Waals surface area contributed by atoms with Gasteiger partial charge in [0.1, 0.15) is 5.82 Å². The number of hydrogen-bond acceptors (Lipinski definition) is 2. The van der Waals surface area contributed by atoms with Crippen LogP contribution in [0.5, 0.6) is 0 Å². The minimum absolute atomic E-state index is 0.0865. The minimum atomic E-state index is -0.233. The topological polar surface area (TPSA) is 48.0 Å². The van der Waals surface area contributed by atoms with Crippen molar-refractivity contribution in [2.24, 2.45) is 0 Å². The van der Waals surface area contributed by atoms with Crippen molar-refractivity contribution >= 4 is 10.9 Å². The van der Waals surface area contributed by atoms with Crippen LogP contribution in [0.4, 0.5) is 4.39 Å². The van der Waals surface area contributed by atoms with Gasteiger partial charge in [0.25, 0.3) is 0 Å². The van der Waals surface area contributed by atoms with Crippen molar-refractivity contribution in [3.8, 4) is 0 Å². The molecule has 0 aliphatic carbocycles. The van der Waals surface area contributed by atoms with Gasteiger partial charge in [-0.15, -0.1) is 0 Å². The summed E-state index contributed by atoms with van der Waals surface area (Å²) in [6, 6.07) is 4.85. The normalized spacial score (nSPS) is 10.1. The van der Waals surface area contributed by atoms with E-state index in [1.165, 1.54) is 12.1 Å². The van der Waals surface area contributed by atoms with E-state index >= 15 is 0 Å². The van der Waals surface area contributed by atoms with E-state index in [-0.39, 0.29) is 12.4 Å². The number of aliphatic hydroxyl groups is 1. The van der Waals surface area contributed by atoms with Crippen molar-refractivity contribution in [2.75, 3.05) is 13.2 Å². The van der Waals surface area contributed by atoms with Crippen molar-refractivity contribution in [3.05, 3.63) is 35.8 Å². The Morgan fingerprint density at radius 3 is 2.82 bits per heavy atom. The van der Waals surface area contributed by atoms with Gasteiger partial charge in [-0.25, -0.2) is 4.39 Å². The summed E-state index contributed by atoms with van der Waals surface area (Å²) in [6.07, 6.45) is 1.79. The molecule has 1 aromatic heterocycles. The SMILES string of the molecule is CC.OCCNCc1cc(F)cc2cc[nH]c12. The van der Waals surface area contributed by atoms with E-state index in [0.29, 0.717) is 13.1 Å². The molecule has 3 N–H and O–H groups in total. The van der Waals surface area contributed by atoms with Crippen LogP contribution >= 0.6 is 0 Å². The third-order valence-electron chi connectivity index (χ3n) is 2.31. The lowest BCUT2D eigenvalue weighted by atomic mass is 10.1. The summed E-state index contributed by atoms with van der Waals surface area (Å²) in [5.74, 6) is -0.233. The molecule has 0 spiro atoms. The van der Waals surface area contributed by atoms with Crippen LogP contribution in [0.3, 0.4) is 0 Å². The van der Waals surface area contributed by atoms with Gasteiger partial charge in [-0.1, -0.05) is 13.8 Å². The molecule has 2 rings (SSSR count). The van der Waals surface area contributed by atoms with Crippen LogP contribution in [0.15, 0.2) is 24.4 Å². The highest BCUT2D eigenvalue weighted by atomic mass is 19.1. The fourth-order valence-corrected chi connectivity index (χ4v) is 1.65. The summed E-state index contributed by atoms with van der Waals surface area (Å²) in [5, 5.41) is 12.5. The van der Waals surface area contributed by atoms with Gasteiger partial charge < -0.3 is 15.4 Å². The monoisotopic (exact) mass is 238 g/mol. The molecule has 17 heavy (non-hydrogen) atoms. The molecule has 0 radical (unpaired) electrons. The number of benzene rings is 1. The quantitative estimate of drug-likeness (QED) is 0.716. The number of halogens is 1. The van der Waals surface area contributed by atoms with E-state index in [9.17, 15) is 4.39 Å². The van der Waals surface area contributed by atoms with E-state index < -0.39 is 0 Å². The molecule has 2 aromatic rings. The molecule has 0 aliphatic heterocycles. The Labute approximate surface area is 101 Å². The molecular formula is C13H19FN2O. The first kappa shape index (κ1) is 13.7. The van der Waals surface area contributed by atoms with Crippen molar-refractivity contribution in [3.63, 3.8) is 0 Å². The molecule has 0 saturated carbocycles. The maximum absolute atomic E-state index is 13.2. The van der Waals surface area contributed by atoms with Gasteiger partial charge in [0.05, 0.1) is 12.1 Å². The molecule has 0 unspecified atom stereocenters. The molecule has 3 nitrogen and oxygen atoms in total. The third kappa shape index (κ3) is 3.54. The molecule has 0 saturated heterocycles. The molecular weight excluding hydrogens is 219 g/mol. The summed E-state index contributed by atoms with van der Waals surface area (Å²) in [7, 11) is 0. The number of H-pyrrole nitrogens is 1. The Morgan fingerprint density at radius 1 is 1.35 bits per heavy atom. The molecule has 94 valence electrons. The van der Waals surface area contributed by atoms with Crippen LogP contribution in [0.2, 0.25) is 0 Å². The fourth-order valence-electron chi connectivity index (χ4n) is 1.65. The first-order valence-electron chi connectivity index (χ1n) is 5.88. The Bertz CT molecular complexity index is 454. The maximum atomic E-state index is 13.2. The van der Waals surface area contributed by atoms with Crippen LogP contribution in [0, 0.1) is 5.82 Å². The standard InChI is InChI=1S/C11H13FN2O.C2H6/c12-10-5-8-1-2-14-11(8)9(6-10)7-13-3-4-15;1-2/h1-2,5-6,13-15H,3-4,7H2;1-2H3. The van der Waals surface area contributed by atoms with Crippen LogP contribution in [-0.2, 0) is 6.54 Å². The highest BCUT2D eigenvalue weighted by Crippen LogP contribution is 2.18. The zero-order chi connectivity index (χ0) is 12.7. The summed E-state index contributed by atoms with van der Waals surface area (Å²) >= 11 is 0. The second-order valence-corrected chi connectivity index (χ2v) is 3.41. The van der Waals surface area contributed by atoms with E-state index in [4.69, 9.17) is 5.11 Å². The Kier molecular flexibility index (Phi) is 5.66. The van der Waals surface area contributed by atoms with Crippen LogP contribution in [-0.4, -0.2) is 23.2 Å². The molecule has 0 fully saturated rings. The van der Waals surface area contributed by atoms with E-state index in [0.717, 1.165) is 16.5 Å².